The van der Waals surface area contributed by atoms with Crippen molar-refractivity contribution >= 4 is 23.0 Å². The Bertz CT molecular complexity index is 1030. The molecular formula is C24H30N8. The molecule has 4 rings (SSSR count). The van der Waals surface area contributed by atoms with Gasteiger partial charge in [0.1, 0.15) is 11.6 Å². The molecular weight excluding hydrogens is 400 g/mol. The van der Waals surface area contributed by atoms with Gasteiger partial charge in [-0.15, -0.1) is 0 Å². The Labute approximate surface area is 188 Å². The topological polar surface area (TPSA) is 87.9 Å². The van der Waals surface area contributed by atoms with Gasteiger partial charge in [-0.3, -0.25) is 10.2 Å². The van der Waals surface area contributed by atoms with Crippen molar-refractivity contribution in [3.8, 4) is 22.5 Å². The summed E-state index contributed by atoms with van der Waals surface area (Å²) in [4.78, 5) is 4.17. The molecule has 2 heterocycles. The summed E-state index contributed by atoms with van der Waals surface area (Å²) in [5.74, 6) is 1.64. The molecule has 4 N–H and O–H groups in total. The van der Waals surface area contributed by atoms with Crippen LogP contribution in [0.2, 0.25) is 0 Å². The first-order valence-electron chi connectivity index (χ1n) is 10.6. The maximum Gasteiger partial charge on any atom is 0.148 e. The zero-order valence-corrected chi connectivity index (χ0v) is 19.0. The first-order chi connectivity index (χ1) is 15.5. The van der Waals surface area contributed by atoms with E-state index >= 15 is 0 Å². The monoisotopic (exact) mass is 430 g/mol. The fourth-order valence-corrected chi connectivity index (χ4v) is 3.38. The first kappa shape index (κ1) is 21.3. The smallest absolute Gasteiger partial charge is 0.148 e. The zero-order valence-electron chi connectivity index (χ0n) is 19.0. The maximum atomic E-state index is 4.36. The van der Waals surface area contributed by atoms with Gasteiger partial charge in [-0.25, -0.2) is 0 Å². The van der Waals surface area contributed by atoms with Crippen LogP contribution in [0.1, 0.15) is 0 Å². The lowest BCUT2D eigenvalue weighted by molar-refractivity contribution is 1.01. The fraction of sp³-hybridized carbons (Fsp3) is 0.250. The number of aromatic nitrogens is 4. The molecule has 0 saturated carbocycles. The number of nitrogens with one attached hydrogen (secondary N) is 4. The van der Waals surface area contributed by atoms with E-state index in [1.807, 2.05) is 40.3 Å². The molecule has 0 radical (unpaired) electrons. The van der Waals surface area contributed by atoms with Crippen molar-refractivity contribution in [1.29, 1.82) is 0 Å². The second-order valence-corrected chi connectivity index (χ2v) is 8.07. The van der Waals surface area contributed by atoms with E-state index < -0.39 is 0 Å². The average Bonchev–Trinajstić information content (AvgIpc) is 3.47. The van der Waals surface area contributed by atoms with Crippen LogP contribution in [-0.2, 0) is 0 Å². The second kappa shape index (κ2) is 9.47. The molecule has 8 nitrogen and oxygen atoms in total. The van der Waals surface area contributed by atoms with Crippen molar-refractivity contribution in [3.63, 3.8) is 0 Å². The summed E-state index contributed by atoms with van der Waals surface area (Å²) in [6, 6.07) is 20.8. The Balaban J connectivity index is 1.26. The number of hydrogen-bond donors (Lipinski definition) is 4. The average molecular weight is 431 g/mol. The minimum Gasteiger partial charge on any atom is -0.378 e. The standard InChI is InChI=1S/C24H30N8/c1-31(2)19-9-5-17(6-10-19)21-15-23(29-27-21)25-13-14-26-24-16-22(28-30-24)18-7-11-20(12-8-18)32(3)4/h5-12,15-16H,13-14H2,1-4H3,(H2,25,27,29)(H2,26,28,30). The van der Waals surface area contributed by atoms with Crippen LogP contribution in [-0.4, -0.2) is 61.7 Å². The molecule has 0 aliphatic rings. The van der Waals surface area contributed by atoms with Crippen LogP contribution in [0.5, 0.6) is 0 Å². The summed E-state index contributed by atoms with van der Waals surface area (Å²) >= 11 is 0. The molecule has 0 unspecified atom stereocenters. The Morgan fingerprint density at radius 3 is 1.34 bits per heavy atom. The number of anilines is 4. The number of H-pyrrole nitrogens is 2. The van der Waals surface area contributed by atoms with Crippen molar-refractivity contribution < 1.29 is 0 Å². The third kappa shape index (κ3) is 5.03. The Kier molecular flexibility index (Phi) is 6.30. The third-order valence-corrected chi connectivity index (χ3v) is 5.28. The number of aromatic amines is 2. The largest absolute Gasteiger partial charge is 0.378 e. The summed E-state index contributed by atoms with van der Waals surface area (Å²) in [7, 11) is 8.14. The van der Waals surface area contributed by atoms with Gasteiger partial charge in [0.25, 0.3) is 0 Å². The number of nitrogens with zero attached hydrogens (tertiary/aromatic N) is 4. The highest BCUT2D eigenvalue weighted by molar-refractivity contribution is 5.66. The summed E-state index contributed by atoms with van der Waals surface area (Å²) < 4.78 is 0. The van der Waals surface area contributed by atoms with Crippen LogP contribution >= 0.6 is 0 Å². The molecule has 166 valence electrons. The number of rotatable bonds is 9. The fourth-order valence-electron chi connectivity index (χ4n) is 3.38. The van der Waals surface area contributed by atoms with Gasteiger partial charge in [-0.1, -0.05) is 24.3 Å². The first-order valence-corrected chi connectivity index (χ1v) is 10.6. The molecule has 0 aliphatic carbocycles. The van der Waals surface area contributed by atoms with E-state index in [0.29, 0.717) is 0 Å². The van der Waals surface area contributed by atoms with Crippen LogP contribution in [0.3, 0.4) is 0 Å². The van der Waals surface area contributed by atoms with Crippen molar-refractivity contribution in [1.82, 2.24) is 20.4 Å². The highest BCUT2D eigenvalue weighted by Crippen LogP contribution is 2.24. The van der Waals surface area contributed by atoms with Crippen molar-refractivity contribution in [2.24, 2.45) is 0 Å². The number of benzene rings is 2. The van der Waals surface area contributed by atoms with Gasteiger partial charge in [-0.2, -0.15) is 10.2 Å². The van der Waals surface area contributed by atoms with Gasteiger partial charge in [0.2, 0.25) is 0 Å². The van der Waals surface area contributed by atoms with Gasteiger partial charge < -0.3 is 20.4 Å². The molecule has 2 aromatic heterocycles. The van der Waals surface area contributed by atoms with Crippen molar-refractivity contribution in [2.45, 2.75) is 0 Å². The lowest BCUT2D eigenvalue weighted by Gasteiger charge is -2.12. The molecule has 0 aliphatic heterocycles. The highest BCUT2D eigenvalue weighted by Gasteiger charge is 2.06. The predicted molar refractivity (Wildman–Crippen MR) is 134 cm³/mol. The quantitative estimate of drug-likeness (QED) is 0.299. The highest BCUT2D eigenvalue weighted by atomic mass is 15.2. The lowest BCUT2D eigenvalue weighted by atomic mass is 10.1. The SMILES string of the molecule is CN(C)c1ccc(-c2cc(NCCNc3cc(-c4ccc(N(C)C)cc4)[nH]n3)n[nH]2)cc1. The van der Waals surface area contributed by atoms with E-state index in [-0.39, 0.29) is 0 Å². The van der Waals surface area contributed by atoms with E-state index in [9.17, 15) is 0 Å². The Morgan fingerprint density at radius 2 is 1.00 bits per heavy atom. The van der Waals surface area contributed by atoms with Crippen molar-refractivity contribution in [3.05, 3.63) is 60.7 Å². The Hall–Kier alpha value is -3.94. The van der Waals surface area contributed by atoms with Crippen molar-refractivity contribution in [2.75, 3.05) is 61.7 Å². The molecule has 0 atom stereocenters. The number of hydrogen-bond acceptors (Lipinski definition) is 6. The molecule has 8 heteroatoms. The molecule has 32 heavy (non-hydrogen) atoms. The summed E-state index contributed by atoms with van der Waals surface area (Å²) in [5, 5.41) is 21.6. The van der Waals surface area contributed by atoms with Crippen LogP contribution in [0.4, 0.5) is 23.0 Å². The van der Waals surface area contributed by atoms with E-state index in [1.54, 1.807) is 0 Å². The van der Waals surface area contributed by atoms with Crippen LogP contribution in [0, 0.1) is 0 Å². The van der Waals surface area contributed by atoms with Crippen LogP contribution in [0.15, 0.2) is 60.7 Å². The molecule has 4 aromatic rings. The molecule has 0 amide bonds. The minimum absolute atomic E-state index is 0.726. The zero-order chi connectivity index (χ0) is 22.5. The summed E-state index contributed by atoms with van der Waals surface area (Å²) in [6.07, 6.45) is 0. The van der Waals surface area contributed by atoms with E-state index in [2.05, 4.69) is 89.4 Å². The van der Waals surface area contributed by atoms with E-state index in [1.165, 1.54) is 11.4 Å². The van der Waals surface area contributed by atoms with Gasteiger partial charge in [0.05, 0.1) is 11.4 Å². The van der Waals surface area contributed by atoms with Crippen LogP contribution in [0.25, 0.3) is 22.5 Å². The van der Waals surface area contributed by atoms with Gasteiger partial charge in [0, 0.05) is 64.8 Å². The maximum absolute atomic E-state index is 4.36. The molecule has 0 saturated heterocycles. The third-order valence-electron chi connectivity index (χ3n) is 5.28. The van der Waals surface area contributed by atoms with E-state index in [0.717, 1.165) is 47.2 Å². The molecule has 2 aromatic carbocycles. The molecule has 0 bridgehead atoms. The van der Waals surface area contributed by atoms with Gasteiger partial charge in [-0.05, 0) is 35.4 Å². The minimum atomic E-state index is 0.726. The summed E-state index contributed by atoms with van der Waals surface area (Å²) in [5.41, 5.74) is 6.54. The normalized spacial score (nSPS) is 10.8. The van der Waals surface area contributed by atoms with E-state index in [4.69, 9.17) is 0 Å². The second-order valence-electron chi connectivity index (χ2n) is 8.07. The van der Waals surface area contributed by atoms with Gasteiger partial charge in [0.15, 0.2) is 0 Å². The lowest BCUT2D eigenvalue weighted by Crippen LogP contribution is -2.13. The van der Waals surface area contributed by atoms with Crippen LogP contribution < -0.4 is 20.4 Å². The van der Waals surface area contributed by atoms with Gasteiger partial charge >= 0.3 is 0 Å². The Morgan fingerprint density at radius 1 is 0.625 bits per heavy atom. The summed E-state index contributed by atoms with van der Waals surface area (Å²) in [6.45, 7) is 1.45. The predicted octanol–water partition coefficient (Wildman–Crippen LogP) is 4.12. The molecule has 0 fully saturated rings. The molecule has 0 spiro atoms.